The summed E-state index contributed by atoms with van der Waals surface area (Å²) in [5, 5.41) is 0. The molecule has 0 spiro atoms. The van der Waals surface area contributed by atoms with Gasteiger partial charge in [0, 0.05) is 13.6 Å². The Hall–Kier alpha value is -2.89. The second-order valence-corrected chi connectivity index (χ2v) is 6.32. The molecule has 144 valence electrons. The van der Waals surface area contributed by atoms with Gasteiger partial charge >= 0.3 is 5.97 Å². The van der Waals surface area contributed by atoms with E-state index in [9.17, 15) is 14.0 Å². The summed E-state index contributed by atoms with van der Waals surface area (Å²) in [5.74, 6) is -0.512. The van der Waals surface area contributed by atoms with Crippen LogP contribution in [0.4, 0.5) is 4.39 Å². The molecule has 0 fully saturated rings. The van der Waals surface area contributed by atoms with Gasteiger partial charge in [0.2, 0.25) is 0 Å². The average Bonchev–Trinajstić information content (AvgIpc) is 2.62. The molecule has 0 aromatic heterocycles. The van der Waals surface area contributed by atoms with Crippen LogP contribution in [0.15, 0.2) is 48.5 Å². The maximum Gasteiger partial charge on any atom is 0.310 e. The van der Waals surface area contributed by atoms with Crippen LogP contribution in [0, 0.1) is 12.7 Å². The first kappa shape index (κ1) is 20.4. The minimum Gasteiger partial charge on any atom is -0.493 e. The average molecular weight is 373 g/mol. The number of benzene rings is 2. The van der Waals surface area contributed by atoms with Crippen molar-refractivity contribution in [2.75, 3.05) is 13.7 Å². The monoisotopic (exact) mass is 373 g/mol. The van der Waals surface area contributed by atoms with Crippen LogP contribution in [0.25, 0.3) is 0 Å². The van der Waals surface area contributed by atoms with E-state index in [0.717, 1.165) is 5.56 Å². The number of likely N-dealkylation sites (N-methyl/N-ethyl adjacent to an activating group) is 1. The summed E-state index contributed by atoms with van der Waals surface area (Å²) in [6.45, 7) is 3.84. The summed E-state index contributed by atoms with van der Waals surface area (Å²) in [5.41, 5.74) is 1.64. The molecule has 27 heavy (non-hydrogen) atoms. The number of ether oxygens (including phenoxy) is 2. The van der Waals surface area contributed by atoms with E-state index in [0.29, 0.717) is 11.3 Å². The van der Waals surface area contributed by atoms with Crippen LogP contribution in [0.5, 0.6) is 5.75 Å². The van der Waals surface area contributed by atoms with Gasteiger partial charge in [0.1, 0.15) is 11.6 Å². The van der Waals surface area contributed by atoms with E-state index in [4.69, 9.17) is 9.47 Å². The van der Waals surface area contributed by atoms with Gasteiger partial charge in [-0.15, -0.1) is 0 Å². The first-order valence-electron chi connectivity index (χ1n) is 8.74. The molecule has 0 radical (unpaired) electrons. The van der Waals surface area contributed by atoms with E-state index in [-0.39, 0.29) is 31.3 Å². The van der Waals surface area contributed by atoms with Crippen molar-refractivity contribution in [1.29, 1.82) is 0 Å². The van der Waals surface area contributed by atoms with E-state index < -0.39 is 12.1 Å². The molecule has 0 aliphatic rings. The number of nitrogens with zero attached hydrogens (tertiary/aromatic N) is 1. The Bertz CT molecular complexity index is 793. The highest BCUT2D eigenvalue weighted by Crippen LogP contribution is 2.16. The second kappa shape index (κ2) is 9.71. The molecule has 1 amide bonds. The number of carbonyl (C=O) groups excluding carboxylic acids is 2. The Morgan fingerprint density at radius 1 is 1.15 bits per heavy atom. The Morgan fingerprint density at radius 3 is 2.59 bits per heavy atom. The molecule has 0 bridgehead atoms. The molecule has 0 saturated heterocycles. The van der Waals surface area contributed by atoms with Gasteiger partial charge in [-0.25, -0.2) is 4.39 Å². The number of aryl methyl sites for hydroxylation is 1. The van der Waals surface area contributed by atoms with Gasteiger partial charge in [0.05, 0.1) is 13.0 Å². The lowest BCUT2D eigenvalue weighted by molar-refractivity contribution is -0.159. The third-order valence-electron chi connectivity index (χ3n) is 4.00. The van der Waals surface area contributed by atoms with Crippen molar-refractivity contribution in [3.8, 4) is 5.75 Å². The first-order chi connectivity index (χ1) is 12.9. The number of halogens is 1. The molecule has 0 N–H and O–H groups in total. The van der Waals surface area contributed by atoms with Crippen molar-refractivity contribution < 1.29 is 23.5 Å². The van der Waals surface area contributed by atoms with Gasteiger partial charge in [0.25, 0.3) is 5.91 Å². The number of hydrogen-bond donors (Lipinski definition) is 0. The highest BCUT2D eigenvalue weighted by Gasteiger charge is 2.21. The lowest BCUT2D eigenvalue weighted by Gasteiger charge is -2.21. The smallest absolute Gasteiger partial charge is 0.310 e. The normalized spacial score (nSPS) is 11.6. The van der Waals surface area contributed by atoms with Crippen LogP contribution in [-0.4, -0.2) is 36.5 Å². The second-order valence-electron chi connectivity index (χ2n) is 6.32. The molecule has 5 nitrogen and oxygen atoms in total. The molecule has 2 aromatic carbocycles. The van der Waals surface area contributed by atoms with Crippen molar-refractivity contribution in [2.24, 2.45) is 0 Å². The van der Waals surface area contributed by atoms with E-state index in [1.165, 1.54) is 24.0 Å². The maximum atomic E-state index is 13.2. The summed E-state index contributed by atoms with van der Waals surface area (Å²) in [7, 11) is 1.58. The minimum atomic E-state index is -0.922. The predicted octanol–water partition coefficient (Wildman–Crippen LogP) is 3.49. The van der Waals surface area contributed by atoms with Crippen LogP contribution in [0.3, 0.4) is 0 Å². The fourth-order valence-corrected chi connectivity index (χ4v) is 2.57. The SMILES string of the molecule is Cc1ccccc1OCCC(=O)OC(C)C(=O)N(C)Cc1cccc(F)c1. The Balaban J connectivity index is 1.77. The van der Waals surface area contributed by atoms with Crippen LogP contribution < -0.4 is 4.74 Å². The predicted molar refractivity (Wildman–Crippen MR) is 99.7 cm³/mol. The lowest BCUT2D eigenvalue weighted by atomic mass is 10.2. The summed E-state index contributed by atoms with van der Waals surface area (Å²) in [4.78, 5) is 25.7. The first-order valence-corrected chi connectivity index (χ1v) is 8.74. The highest BCUT2D eigenvalue weighted by atomic mass is 19.1. The third-order valence-corrected chi connectivity index (χ3v) is 4.00. The van der Waals surface area contributed by atoms with Gasteiger partial charge < -0.3 is 14.4 Å². The quantitative estimate of drug-likeness (QED) is 0.665. The van der Waals surface area contributed by atoms with Gasteiger partial charge in [-0.3, -0.25) is 9.59 Å². The van der Waals surface area contributed by atoms with Crippen molar-refractivity contribution in [2.45, 2.75) is 32.9 Å². The van der Waals surface area contributed by atoms with Crippen LogP contribution in [0.2, 0.25) is 0 Å². The molecule has 1 unspecified atom stereocenters. The van der Waals surface area contributed by atoms with Crippen LogP contribution >= 0.6 is 0 Å². The molecular weight excluding hydrogens is 349 g/mol. The molecule has 0 aliphatic carbocycles. The van der Waals surface area contributed by atoms with Crippen LogP contribution in [0.1, 0.15) is 24.5 Å². The minimum absolute atomic E-state index is 0.0412. The number of esters is 1. The number of rotatable bonds is 8. The zero-order valence-corrected chi connectivity index (χ0v) is 15.8. The molecule has 6 heteroatoms. The van der Waals surface area contributed by atoms with Crippen LogP contribution in [-0.2, 0) is 20.9 Å². The molecule has 2 rings (SSSR count). The number of para-hydroxylation sites is 1. The summed E-state index contributed by atoms with van der Waals surface area (Å²) in [6, 6.07) is 13.5. The largest absolute Gasteiger partial charge is 0.493 e. The molecule has 1 atom stereocenters. The van der Waals surface area contributed by atoms with E-state index in [1.54, 1.807) is 19.2 Å². The van der Waals surface area contributed by atoms with E-state index in [1.807, 2.05) is 31.2 Å². The lowest BCUT2D eigenvalue weighted by Crippen LogP contribution is -2.37. The Kier molecular flexibility index (Phi) is 7.34. The van der Waals surface area contributed by atoms with Gasteiger partial charge in [0.15, 0.2) is 6.10 Å². The molecular formula is C21H24FNO4. The molecule has 0 saturated carbocycles. The summed E-state index contributed by atoms with van der Waals surface area (Å²) < 4.78 is 24.0. The maximum absolute atomic E-state index is 13.2. The number of hydrogen-bond acceptors (Lipinski definition) is 4. The number of carbonyl (C=O) groups is 2. The van der Waals surface area contributed by atoms with E-state index in [2.05, 4.69) is 0 Å². The zero-order chi connectivity index (χ0) is 19.8. The zero-order valence-electron chi connectivity index (χ0n) is 15.8. The fourth-order valence-electron chi connectivity index (χ4n) is 2.57. The van der Waals surface area contributed by atoms with E-state index >= 15 is 0 Å². The molecule has 2 aromatic rings. The van der Waals surface area contributed by atoms with Crippen molar-refractivity contribution >= 4 is 11.9 Å². The molecule has 0 heterocycles. The standard InChI is InChI=1S/C21H24FNO4/c1-15-7-4-5-10-19(15)26-12-11-20(24)27-16(2)21(25)23(3)14-17-8-6-9-18(22)13-17/h4-10,13,16H,11-12,14H2,1-3H3. The molecule has 0 aliphatic heterocycles. The Labute approximate surface area is 158 Å². The fraction of sp³-hybridized carbons (Fsp3) is 0.333. The summed E-state index contributed by atoms with van der Waals surface area (Å²) >= 11 is 0. The van der Waals surface area contributed by atoms with Crippen molar-refractivity contribution in [1.82, 2.24) is 4.90 Å². The summed E-state index contributed by atoms with van der Waals surface area (Å²) in [6.07, 6.45) is -0.881. The topological polar surface area (TPSA) is 55.8 Å². The van der Waals surface area contributed by atoms with Gasteiger partial charge in [-0.05, 0) is 43.2 Å². The highest BCUT2D eigenvalue weighted by molar-refractivity contribution is 5.83. The van der Waals surface area contributed by atoms with Crippen molar-refractivity contribution in [3.63, 3.8) is 0 Å². The number of amides is 1. The van der Waals surface area contributed by atoms with Gasteiger partial charge in [-0.2, -0.15) is 0 Å². The third kappa shape index (κ3) is 6.40. The Morgan fingerprint density at radius 2 is 1.89 bits per heavy atom. The van der Waals surface area contributed by atoms with Gasteiger partial charge in [-0.1, -0.05) is 30.3 Å². The van der Waals surface area contributed by atoms with Crippen molar-refractivity contribution in [3.05, 3.63) is 65.5 Å².